The standard InChI is InChI=1S/C13H25N3/c1-4-7-12(14-5-2)8-6-9-13-10-11-16(3)15-13/h10-12,14H,4-9H2,1-3H3. The van der Waals surface area contributed by atoms with Gasteiger partial charge in [0.2, 0.25) is 0 Å². The van der Waals surface area contributed by atoms with Crippen LogP contribution in [0.15, 0.2) is 12.3 Å². The van der Waals surface area contributed by atoms with Crippen LogP contribution >= 0.6 is 0 Å². The molecular formula is C13H25N3. The Labute approximate surface area is 99.2 Å². The van der Waals surface area contributed by atoms with Crippen molar-refractivity contribution in [2.45, 2.75) is 52.0 Å². The molecule has 0 bridgehead atoms. The molecule has 0 aliphatic heterocycles. The Bertz CT molecular complexity index is 274. The molecule has 0 fully saturated rings. The molecule has 1 heterocycles. The maximum Gasteiger partial charge on any atom is 0.0624 e. The van der Waals surface area contributed by atoms with E-state index in [9.17, 15) is 0 Å². The quantitative estimate of drug-likeness (QED) is 0.734. The van der Waals surface area contributed by atoms with Gasteiger partial charge < -0.3 is 5.32 Å². The van der Waals surface area contributed by atoms with E-state index in [1.165, 1.54) is 31.4 Å². The molecule has 1 aromatic heterocycles. The fourth-order valence-electron chi connectivity index (χ4n) is 2.11. The van der Waals surface area contributed by atoms with Crippen LogP contribution in [0.5, 0.6) is 0 Å². The minimum Gasteiger partial charge on any atom is -0.314 e. The highest BCUT2D eigenvalue weighted by atomic mass is 15.2. The molecule has 1 aromatic rings. The predicted octanol–water partition coefficient (Wildman–Crippen LogP) is 2.52. The summed E-state index contributed by atoms with van der Waals surface area (Å²) in [5, 5.41) is 7.95. The Hall–Kier alpha value is -0.830. The largest absolute Gasteiger partial charge is 0.314 e. The van der Waals surface area contributed by atoms with E-state index in [0.717, 1.165) is 13.0 Å². The van der Waals surface area contributed by atoms with E-state index in [0.29, 0.717) is 6.04 Å². The number of aryl methyl sites for hydroxylation is 2. The molecule has 92 valence electrons. The van der Waals surface area contributed by atoms with Gasteiger partial charge in [-0.1, -0.05) is 20.3 Å². The monoisotopic (exact) mass is 223 g/mol. The molecule has 0 amide bonds. The molecular weight excluding hydrogens is 198 g/mol. The first-order valence-electron chi connectivity index (χ1n) is 6.48. The van der Waals surface area contributed by atoms with Crippen LogP contribution in [-0.4, -0.2) is 22.4 Å². The lowest BCUT2D eigenvalue weighted by atomic mass is 10.0. The van der Waals surface area contributed by atoms with Crippen LogP contribution in [0.2, 0.25) is 0 Å². The van der Waals surface area contributed by atoms with Gasteiger partial charge in [0.1, 0.15) is 0 Å². The Balaban J connectivity index is 2.21. The molecule has 0 saturated heterocycles. The third-order valence-electron chi connectivity index (χ3n) is 2.88. The zero-order valence-electron chi connectivity index (χ0n) is 10.9. The fourth-order valence-corrected chi connectivity index (χ4v) is 2.11. The minimum absolute atomic E-state index is 0.693. The van der Waals surface area contributed by atoms with Crippen molar-refractivity contribution in [1.29, 1.82) is 0 Å². The molecule has 0 aliphatic rings. The highest BCUT2D eigenvalue weighted by molar-refractivity contribution is 4.98. The van der Waals surface area contributed by atoms with Crippen LogP contribution in [-0.2, 0) is 13.5 Å². The summed E-state index contributed by atoms with van der Waals surface area (Å²) in [4.78, 5) is 0. The lowest BCUT2D eigenvalue weighted by molar-refractivity contribution is 0.446. The van der Waals surface area contributed by atoms with Crippen molar-refractivity contribution in [3.8, 4) is 0 Å². The molecule has 1 rings (SSSR count). The second-order valence-electron chi connectivity index (χ2n) is 4.42. The number of aromatic nitrogens is 2. The van der Waals surface area contributed by atoms with Crippen molar-refractivity contribution in [2.75, 3.05) is 6.54 Å². The van der Waals surface area contributed by atoms with Gasteiger partial charge in [0.25, 0.3) is 0 Å². The highest BCUT2D eigenvalue weighted by Gasteiger charge is 2.06. The third kappa shape index (κ3) is 4.79. The van der Waals surface area contributed by atoms with Gasteiger partial charge in [-0.25, -0.2) is 0 Å². The number of hydrogen-bond donors (Lipinski definition) is 1. The van der Waals surface area contributed by atoms with Gasteiger partial charge in [-0.05, 0) is 38.3 Å². The van der Waals surface area contributed by atoms with Gasteiger partial charge in [-0.3, -0.25) is 4.68 Å². The topological polar surface area (TPSA) is 29.9 Å². The van der Waals surface area contributed by atoms with Crippen LogP contribution in [0.1, 0.15) is 45.2 Å². The Morgan fingerprint density at radius 2 is 2.19 bits per heavy atom. The first-order valence-corrected chi connectivity index (χ1v) is 6.48. The van der Waals surface area contributed by atoms with E-state index in [-0.39, 0.29) is 0 Å². The third-order valence-corrected chi connectivity index (χ3v) is 2.88. The molecule has 0 aromatic carbocycles. The SMILES string of the molecule is CCCC(CCCc1ccn(C)n1)NCC. The molecule has 1 unspecified atom stereocenters. The minimum atomic E-state index is 0.693. The summed E-state index contributed by atoms with van der Waals surface area (Å²) in [6, 6.07) is 2.81. The van der Waals surface area contributed by atoms with Gasteiger partial charge in [0, 0.05) is 19.3 Å². The molecule has 0 radical (unpaired) electrons. The molecule has 0 aliphatic carbocycles. The molecule has 0 saturated carbocycles. The van der Waals surface area contributed by atoms with Gasteiger partial charge in [0.05, 0.1) is 5.69 Å². The van der Waals surface area contributed by atoms with Crippen LogP contribution in [0, 0.1) is 0 Å². The average Bonchev–Trinajstić information content (AvgIpc) is 2.65. The van der Waals surface area contributed by atoms with Crippen molar-refractivity contribution in [3.05, 3.63) is 18.0 Å². The lowest BCUT2D eigenvalue weighted by Crippen LogP contribution is -2.28. The first kappa shape index (κ1) is 13.2. The lowest BCUT2D eigenvalue weighted by Gasteiger charge is -2.16. The van der Waals surface area contributed by atoms with Crippen LogP contribution in [0.4, 0.5) is 0 Å². The number of hydrogen-bond acceptors (Lipinski definition) is 2. The maximum atomic E-state index is 4.40. The normalized spacial score (nSPS) is 12.9. The zero-order chi connectivity index (χ0) is 11.8. The second kappa shape index (κ2) is 7.44. The second-order valence-corrected chi connectivity index (χ2v) is 4.42. The van der Waals surface area contributed by atoms with Gasteiger partial charge in [-0.2, -0.15) is 5.10 Å². The summed E-state index contributed by atoms with van der Waals surface area (Å²) in [5.41, 5.74) is 1.22. The molecule has 0 spiro atoms. The molecule has 3 nitrogen and oxygen atoms in total. The number of nitrogens with zero attached hydrogens (tertiary/aromatic N) is 2. The molecule has 16 heavy (non-hydrogen) atoms. The Kier molecular flexibility index (Phi) is 6.16. The highest BCUT2D eigenvalue weighted by Crippen LogP contribution is 2.08. The fraction of sp³-hybridized carbons (Fsp3) is 0.769. The van der Waals surface area contributed by atoms with E-state index in [1.54, 1.807) is 0 Å². The summed E-state index contributed by atoms with van der Waals surface area (Å²) < 4.78 is 1.88. The molecule has 1 N–H and O–H groups in total. The Morgan fingerprint density at radius 1 is 1.38 bits per heavy atom. The summed E-state index contributed by atoms with van der Waals surface area (Å²) in [7, 11) is 1.97. The van der Waals surface area contributed by atoms with E-state index < -0.39 is 0 Å². The van der Waals surface area contributed by atoms with E-state index in [4.69, 9.17) is 0 Å². The van der Waals surface area contributed by atoms with E-state index in [1.807, 2.05) is 17.9 Å². The number of rotatable bonds is 8. The summed E-state index contributed by atoms with van der Waals surface area (Å²) in [5.74, 6) is 0. The Morgan fingerprint density at radius 3 is 2.75 bits per heavy atom. The van der Waals surface area contributed by atoms with Crippen LogP contribution in [0.3, 0.4) is 0 Å². The van der Waals surface area contributed by atoms with Crippen molar-refractivity contribution in [3.63, 3.8) is 0 Å². The van der Waals surface area contributed by atoms with Gasteiger partial charge in [-0.15, -0.1) is 0 Å². The summed E-state index contributed by atoms with van der Waals surface area (Å²) in [6.45, 7) is 5.51. The van der Waals surface area contributed by atoms with Crippen LogP contribution in [0.25, 0.3) is 0 Å². The molecule has 3 heteroatoms. The smallest absolute Gasteiger partial charge is 0.0624 e. The number of nitrogens with one attached hydrogen (secondary N) is 1. The van der Waals surface area contributed by atoms with Crippen molar-refractivity contribution in [1.82, 2.24) is 15.1 Å². The first-order chi connectivity index (χ1) is 7.76. The van der Waals surface area contributed by atoms with Crippen LogP contribution < -0.4 is 5.32 Å². The maximum absolute atomic E-state index is 4.40. The van der Waals surface area contributed by atoms with E-state index in [2.05, 4.69) is 30.3 Å². The average molecular weight is 223 g/mol. The van der Waals surface area contributed by atoms with Gasteiger partial charge >= 0.3 is 0 Å². The van der Waals surface area contributed by atoms with Crippen molar-refractivity contribution in [2.24, 2.45) is 7.05 Å². The summed E-state index contributed by atoms with van der Waals surface area (Å²) in [6.07, 6.45) is 8.17. The van der Waals surface area contributed by atoms with E-state index >= 15 is 0 Å². The molecule has 1 atom stereocenters. The van der Waals surface area contributed by atoms with Crippen molar-refractivity contribution >= 4 is 0 Å². The summed E-state index contributed by atoms with van der Waals surface area (Å²) >= 11 is 0. The van der Waals surface area contributed by atoms with Gasteiger partial charge in [0.15, 0.2) is 0 Å². The van der Waals surface area contributed by atoms with Crippen molar-refractivity contribution < 1.29 is 0 Å². The predicted molar refractivity (Wildman–Crippen MR) is 68.5 cm³/mol. The zero-order valence-corrected chi connectivity index (χ0v) is 10.9.